The Balaban J connectivity index is 0.00000169. The van der Waals surface area contributed by atoms with Crippen LogP contribution in [0.4, 0.5) is 0 Å². The molecule has 1 saturated heterocycles. The van der Waals surface area contributed by atoms with E-state index in [0.29, 0.717) is 24.1 Å². The van der Waals surface area contributed by atoms with E-state index in [1.54, 1.807) is 0 Å². The maximum Gasteiger partial charge on any atom is 1.00 e. The third-order valence-corrected chi connectivity index (χ3v) is 2.64. The van der Waals surface area contributed by atoms with Gasteiger partial charge in [-0.05, 0) is 0 Å². The van der Waals surface area contributed by atoms with Gasteiger partial charge in [0.1, 0.15) is 0 Å². The molecule has 1 rings (SSSR count). The van der Waals surface area contributed by atoms with Crippen LogP contribution in [0.25, 0.3) is 0 Å². The molecule has 6 nitrogen and oxygen atoms in total. The largest absolute Gasteiger partial charge is 1.00 e. The summed E-state index contributed by atoms with van der Waals surface area (Å²) in [6.07, 6.45) is -0.331. The minimum absolute atomic E-state index is 0. The Bertz CT molecular complexity index is 251. The van der Waals surface area contributed by atoms with Crippen LogP contribution in [-0.2, 0) is 19.8 Å². The van der Waals surface area contributed by atoms with Gasteiger partial charge in [0, 0.05) is 13.6 Å². The zero-order valence-electron chi connectivity index (χ0n) is 8.30. The SMILES string of the molecule is CN(CC1COCCO1)S(=O)(=O)[O-].[K+]. The molecule has 1 atom stereocenters. The van der Waals surface area contributed by atoms with Crippen LogP contribution in [0, 0.1) is 0 Å². The minimum atomic E-state index is -4.35. The van der Waals surface area contributed by atoms with Gasteiger partial charge in [-0.15, -0.1) is 0 Å². The molecule has 1 fully saturated rings. The molecule has 0 saturated carbocycles. The van der Waals surface area contributed by atoms with Gasteiger partial charge in [-0.3, -0.25) is 0 Å². The Labute approximate surface area is 126 Å². The Kier molecular flexibility index (Phi) is 7.59. The smallest absolute Gasteiger partial charge is 0.735 e. The van der Waals surface area contributed by atoms with Crippen molar-refractivity contribution in [2.45, 2.75) is 6.10 Å². The van der Waals surface area contributed by atoms with Crippen LogP contribution in [-0.4, -0.2) is 56.8 Å². The monoisotopic (exact) mass is 249 g/mol. The van der Waals surface area contributed by atoms with E-state index in [-0.39, 0.29) is 64.0 Å². The molecule has 1 unspecified atom stereocenters. The molecule has 8 heteroatoms. The van der Waals surface area contributed by atoms with Crippen molar-refractivity contribution in [2.75, 3.05) is 33.4 Å². The minimum Gasteiger partial charge on any atom is -0.735 e. The van der Waals surface area contributed by atoms with Crippen LogP contribution in [0.1, 0.15) is 0 Å². The van der Waals surface area contributed by atoms with Gasteiger partial charge in [-0.25, -0.2) is 12.7 Å². The van der Waals surface area contributed by atoms with Gasteiger partial charge < -0.3 is 14.0 Å². The van der Waals surface area contributed by atoms with Crippen LogP contribution in [0.2, 0.25) is 0 Å². The first kappa shape index (κ1) is 15.4. The van der Waals surface area contributed by atoms with Crippen LogP contribution in [0.5, 0.6) is 0 Å². The molecule has 0 aromatic heterocycles. The maximum atomic E-state index is 10.5. The van der Waals surface area contributed by atoms with Crippen molar-refractivity contribution in [1.29, 1.82) is 0 Å². The van der Waals surface area contributed by atoms with Crippen LogP contribution >= 0.6 is 0 Å². The Morgan fingerprint density at radius 1 is 1.50 bits per heavy atom. The van der Waals surface area contributed by atoms with E-state index in [4.69, 9.17) is 9.47 Å². The van der Waals surface area contributed by atoms with Crippen molar-refractivity contribution in [3.8, 4) is 0 Å². The van der Waals surface area contributed by atoms with Gasteiger partial charge in [0.2, 0.25) is 0 Å². The molecular formula is C6H12KNO5S. The fourth-order valence-electron chi connectivity index (χ4n) is 1.02. The summed E-state index contributed by atoms with van der Waals surface area (Å²) in [4.78, 5) is 0. The average molecular weight is 249 g/mol. The van der Waals surface area contributed by atoms with Crippen molar-refractivity contribution in [3.05, 3.63) is 0 Å². The molecule has 0 bridgehead atoms. The molecule has 0 aliphatic carbocycles. The molecule has 0 spiro atoms. The number of rotatable bonds is 3. The second-order valence-electron chi connectivity index (χ2n) is 2.81. The zero-order valence-corrected chi connectivity index (χ0v) is 12.2. The molecule has 0 aromatic rings. The van der Waals surface area contributed by atoms with Crippen molar-refractivity contribution in [2.24, 2.45) is 0 Å². The van der Waals surface area contributed by atoms with E-state index in [9.17, 15) is 13.0 Å². The van der Waals surface area contributed by atoms with Gasteiger partial charge in [0.25, 0.3) is 0 Å². The van der Waals surface area contributed by atoms with Gasteiger partial charge in [0.05, 0.1) is 25.9 Å². The van der Waals surface area contributed by atoms with E-state index >= 15 is 0 Å². The molecular weight excluding hydrogens is 237 g/mol. The van der Waals surface area contributed by atoms with E-state index in [0.717, 1.165) is 0 Å². The van der Waals surface area contributed by atoms with Crippen LogP contribution < -0.4 is 51.4 Å². The second kappa shape index (κ2) is 6.89. The van der Waals surface area contributed by atoms with Crippen LogP contribution in [0.15, 0.2) is 0 Å². The fourth-order valence-corrected chi connectivity index (χ4v) is 1.37. The summed E-state index contributed by atoms with van der Waals surface area (Å²) >= 11 is 0. The summed E-state index contributed by atoms with van der Waals surface area (Å²) in [5.41, 5.74) is 0. The molecule has 14 heavy (non-hydrogen) atoms. The maximum absolute atomic E-state index is 10.5. The first-order valence-electron chi connectivity index (χ1n) is 3.86. The average Bonchev–Trinajstić information content (AvgIpc) is 2.04. The second-order valence-corrected chi connectivity index (χ2v) is 4.28. The first-order chi connectivity index (χ1) is 6.00. The topological polar surface area (TPSA) is 78.9 Å². The molecule has 0 N–H and O–H groups in total. The van der Waals surface area contributed by atoms with Crippen molar-refractivity contribution in [3.63, 3.8) is 0 Å². The predicted octanol–water partition coefficient (Wildman–Crippen LogP) is -4.20. The summed E-state index contributed by atoms with van der Waals surface area (Å²) in [6.45, 7) is 1.34. The third kappa shape index (κ3) is 5.49. The summed E-state index contributed by atoms with van der Waals surface area (Å²) in [7, 11) is -3.13. The Hall–Kier alpha value is 1.43. The Morgan fingerprint density at radius 3 is 2.57 bits per heavy atom. The van der Waals surface area contributed by atoms with E-state index in [1.165, 1.54) is 7.05 Å². The number of ether oxygens (including phenoxy) is 2. The predicted molar refractivity (Wildman–Crippen MR) is 42.9 cm³/mol. The summed E-state index contributed by atoms with van der Waals surface area (Å²) in [6, 6.07) is 0. The molecule has 78 valence electrons. The van der Waals surface area contributed by atoms with E-state index in [2.05, 4.69) is 0 Å². The fraction of sp³-hybridized carbons (Fsp3) is 1.00. The quantitative estimate of drug-likeness (QED) is 0.374. The summed E-state index contributed by atoms with van der Waals surface area (Å²) in [5, 5.41) is 0. The van der Waals surface area contributed by atoms with E-state index in [1.807, 2.05) is 0 Å². The van der Waals surface area contributed by atoms with Crippen molar-refractivity contribution < 1.29 is 73.8 Å². The summed E-state index contributed by atoms with van der Waals surface area (Å²) in [5.74, 6) is 0. The Morgan fingerprint density at radius 2 is 2.14 bits per heavy atom. The van der Waals surface area contributed by atoms with Crippen molar-refractivity contribution >= 4 is 10.3 Å². The number of hydrogen-bond acceptors (Lipinski definition) is 5. The number of hydrogen-bond donors (Lipinski definition) is 0. The molecule has 0 aromatic carbocycles. The van der Waals surface area contributed by atoms with Gasteiger partial charge in [-0.1, -0.05) is 0 Å². The number of nitrogens with zero attached hydrogens (tertiary/aromatic N) is 1. The molecule has 1 aliphatic rings. The molecule has 0 amide bonds. The van der Waals surface area contributed by atoms with Gasteiger partial charge in [-0.2, -0.15) is 0 Å². The van der Waals surface area contributed by atoms with Crippen molar-refractivity contribution in [1.82, 2.24) is 4.31 Å². The molecule has 1 heterocycles. The van der Waals surface area contributed by atoms with E-state index < -0.39 is 10.3 Å². The third-order valence-electron chi connectivity index (χ3n) is 1.73. The zero-order chi connectivity index (χ0) is 9.90. The molecule has 0 radical (unpaired) electrons. The van der Waals surface area contributed by atoms with Gasteiger partial charge >= 0.3 is 51.4 Å². The normalized spacial score (nSPS) is 23.2. The van der Waals surface area contributed by atoms with Gasteiger partial charge in [0.15, 0.2) is 10.3 Å². The standard InChI is InChI=1S/C6H13NO5S.K/c1-7(13(8,9)10)4-6-5-11-2-3-12-6;/h6H,2-5H2,1H3,(H,8,9,10);/q;+1/p-1. The molecule has 1 aliphatic heterocycles. The summed E-state index contributed by atoms with van der Waals surface area (Å²) < 4.78 is 42.4. The van der Waals surface area contributed by atoms with Crippen LogP contribution in [0.3, 0.4) is 0 Å². The first-order valence-corrected chi connectivity index (χ1v) is 5.23. The number of likely N-dealkylation sites (N-methyl/N-ethyl adjacent to an activating group) is 1.